The van der Waals surface area contributed by atoms with Crippen LogP contribution < -0.4 is 15.9 Å². The Bertz CT molecular complexity index is 1120. The zero-order valence-electron chi connectivity index (χ0n) is 15.9. The van der Waals surface area contributed by atoms with E-state index in [9.17, 15) is 20.2 Å². The van der Waals surface area contributed by atoms with Gasteiger partial charge in [-0.05, 0) is 36.0 Å². The number of hydrogen-bond acceptors (Lipinski definition) is 6. The Kier molecular flexibility index (Phi) is 6.63. The number of nitrogens with zero attached hydrogens (tertiary/aromatic N) is 3. The van der Waals surface area contributed by atoms with Gasteiger partial charge in [-0.15, -0.1) is 0 Å². The van der Waals surface area contributed by atoms with E-state index < -0.39 is 18.8 Å². The molecule has 3 aromatic carbocycles. The molecule has 0 saturated heterocycles. The van der Waals surface area contributed by atoms with E-state index >= 15 is 0 Å². The third-order valence-corrected chi connectivity index (χ3v) is 6.55. The lowest BCUT2D eigenvalue weighted by Gasteiger charge is -2.19. The first-order valence-electron chi connectivity index (χ1n) is 8.85. The molecule has 0 heterocycles. The zero-order chi connectivity index (χ0) is 21.5. The molecule has 30 heavy (non-hydrogen) atoms. The number of benzene rings is 3. The lowest BCUT2D eigenvalue weighted by atomic mass is 10.1. The summed E-state index contributed by atoms with van der Waals surface area (Å²) >= 11 is 0. The van der Waals surface area contributed by atoms with Gasteiger partial charge in [0.1, 0.15) is 6.07 Å². The lowest BCUT2D eigenvalue weighted by molar-refractivity contribution is -0.384. The van der Waals surface area contributed by atoms with Crippen molar-refractivity contribution >= 4 is 41.2 Å². The summed E-state index contributed by atoms with van der Waals surface area (Å²) < 4.78 is 0. The molecule has 0 spiro atoms. The highest BCUT2D eigenvalue weighted by atomic mass is 31.1. The Morgan fingerprint density at radius 2 is 1.50 bits per heavy atom. The summed E-state index contributed by atoms with van der Waals surface area (Å²) in [7, 11) is -0.962. The summed E-state index contributed by atoms with van der Waals surface area (Å²) in [5.41, 5.74) is 0.558. The maximum atomic E-state index is 11.0. The molecule has 1 atom stereocenters. The van der Waals surface area contributed by atoms with Gasteiger partial charge in [-0.25, -0.2) is 4.79 Å². The van der Waals surface area contributed by atoms with E-state index in [0.717, 1.165) is 15.9 Å². The Balaban J connectivity index is 2.00. The predicted octanol–water partition coefficient (Wildman–Crippen LogP) is 3.14. The topological polar surface area (TPSA) is 106 Å². The van der Waals surface area contributed by atoms with E-state index in [0.29, 0.717) is 5.56 Å². The first-order chi connectivity index (χ1) is 14.5. The molecule has 0 aliphatic rings. The van der Waals surface area contributed by atoms with Crippen LogP contribution in [0.4, 0.5) is 5.69 Å². The highest BCUT2D eigenvalue weighted by Crippen LogP contribution is 2.33. The minimum Gasteiger partial charge on any atom is -0.317 e. The number of nitriles is 1. The van der Waals surface area contributed by atoms with Crippen LogP contribution in [0.25, 0.3) is 0 Å². The van der Waals surface area contributed by atoms with Crippen molar-refractivity contribution in [2.75, 3.05) is 0 Å². The Hall–Kier alpha value is -3.88. The third kappa shape index (κ3) is 4.93. The normalized spacial score (nSPS) is 11.9. The maximum Gasteiger partial charge on any atom is 0.332 e. The molecule has 7 nitrogen and oxygen atoms in total. The predicted molar refractivity (Wildman–Crippen MR) is 116 cm³/mol. The molecule has 3 aromatic rings. The van der Waals surface area contributed by atoms with Crippen molar-refractivity contribution in [1.82, 2.24) is 0 Å². The molecule has 0 bridgehead atoms. The summed E-state index contributed by atoms with van der Waals surface area (Å²) in [6.07, 6.45) is 0. The number of rotatable bonds is 6. The van der Waals surface area contributed by atoms with E-state index in [1.165, 1.54) is 19.1 Å². The number of nitro benzene ring substituents is 1. The highest BCUT2D eigenvalue weighted by Gasteiger charge is 2.18. The highest BCUT2D eigenvalue weighted by molar-refractivity contribution is 7.79. The van der Waals surface area contributed by atoms with Crippen LogP contribution >= 0.6 is 7.92 Å². The molecule has 0 fully saturated rings. The van der Waals surface area contributed by atoms with Crippen LogP contribution in [0.15, 0.2) is 84.0 Å². The fourth-order valence-electron chi connectivity index (χ4n) is 2.76. The van der Waals surface area contributed by atoms with Crippen LogP contribution in [-0.4, -0.2) is 16.6 Å². The summed E-state index contributed by atoms with van der Waals surface area (Å²) in [4.78, 5) is 26.1. The molecule has 0 aromatic heterocycles. The van der Waals surface area contributed by atoms with Crippen LogP contribution in [0.1, 0.15) is 12.5 Å². The monoisotopic (exact) mass is 417 g/mol. The van der Waals surface area contributed by atoms with E-state index in [2.05, 4.69) is 9.99 Å². The summed E-state index contributed by atoms with van der Waals surface area (Å²) in [5.74, 6) is -0.606. The average Bonchev–Trinajstić information content (AvgIpc) is 2.76. The minimum atomic E-state index is -0.962. The molecule has 0 amide bonds. The van der Waals surface area contributed by atoms with Gasteiger partial charge in [-0.3, -0.25) is 10.1 Å². The molecule has 0 N–H and O–H groups in total. The van der Waals surface area contributed by atoms with Crippen LogP contribution in [0.3, 0.4) is 0 Å². The van der Waals surface area contributed by atoms with Gasteiger partial charge in [-0.2, -0.15) is 5.26 Å². The van der Waals surface area contributed by atoms with Crippen LogP contribution in [-0.2, 0) is 9.63 Å². The second kappa shape index (κ2) is 9.55. The Morgan fingerprint density at radius 3 is 2.00 bits per heavy atom. The summed E-state index contributed by atoms with van der Waals surface area (Å²) in [6.45, 7) is 1.21. The molecule has 0 aliphatic heterocycles. The van der Waals surface area contributed by atoms with Crippen LogP contribution in [0, 0.1) is 21.4 Å². The van der Waals surface area contributed by atoms with Gasteiger partial charge in [0.2, 0.25) is 0 Å². The number of carbonyl (C=O) groups is 1. The van der Waals surface area contributed by atoms with Gasteiger partial charge in [0, 0.05) is 24.6 Å². The molecular weight excluding hydrogens is 401 g/mol. The van der Waals surface area contributed by atoms with Crippen molar-refractivity contribution in [3.63, 3.8) is 0 Å². The Labute approximate surface area is 174 Å². The van der Waals surface area contributed by atoms with Gasteiger partial charge in [-0.1, -0.05) is 59.8 Å². The average molecular weight is 417 g/mol. The van der Waals surface area contributed by atoms with E-state index in [4.69, 9.17) is 0 Å². The standard InChI is InChI=1S/C22H16N3O4P/c1-16(26)29-24-22(15-23)17-7-11-20(12-8-17)30(19-5-3-2-4-6-19)21-13-9-18(10-14-21)25(27)28/h2-14H,1H3/b24-22+. The molecule has 0 saturated carbocycles. The minimum absolute atomic E-state index is 0.00359. The van der Waals surface area contributed by atoms with Crippen LogP contribution in [0.2, 0.25) is 0 Å². The van der Waals surface area contributed by atoms with E-state index in [1.54, 1.807) is 24.3 Å². The first kappa shape index (κ1) is 20.8. The zero-order valence-corrected chi connectivity index (χ0v) is 16.8. The van der Waals surface area contributed by atoms with Crippen LogP contribution in [0.5, 0.6) is 0 Å². The number of non-ortho nitro benzene ring substituents is 1. The van der Waals surface area contributed by atoms with Crippen molar-refractivity contribution in [3.8, 4) is 6.07 Å². The fourth-order valence-corrected chi connectivity index (χ4v) is 5.02. The maximum absolute atomic E-state index is 11.0. The first-order valence-corrected chi connectivity index (χ1v) is 10.2. The molecule has 0 aliphatic carbocycles. The van der Waals surface area contributed by atoms with Gasteiger partial charge in [0.05, 0.1) is 4.92 Å². The van der Waals surface area contributed by atoms with Gasteiger partial charge >= 0.3 is 5.97 Å². The summed E-state index contributed by atoms with van der Waals surface area (Å²) in [6, 6.07) is 25.6. The van der Waals surface area contributed by atoms with Gasteiger partial charge in [0.25, 0.3) is 5.69 Å². The third-order valence-electron chi connectivity index (χ3n) is 4.10. The molecule has 8 heteroatoms. The quantitative estimate of drug-likeness (QED) is 0.201. The van der Waals surface area contributed by atoms with Crippen molar-refractivity contribution < 1.29 is 14.6 Å². The Morgan fingerprint density at radius 1 is 0.967 bits per heavy atom. The van der Waals surface area contributed by atoms with Crippen molar-refractivity contribution in [2.24, 2.45) is 5.16 Å². The van der Waals surface area contributed by atoms with E-state index in [-0.39, 0.29) is 11.4 Å². The van der Waals surface area contributed by atoms with Crippen molar-refractivity contribution in [2.45, 2.75) is 6.92 Å². The lowest BCUT2D eigenvalue weighted by Crippen LogP contribution is -2.20. The number of hydrogen-bond donors (Lipinski definition) is 0. The molecular formula is C22H16N3O4P. The number of nitro groups is 1. The van der Waals surface area contributed by atoms with Gasteiger partial charge in [0.15, 0.2) is 5.71 Å². The molecule has 0 radical (unpaired) electrons. The fraction of sp³-hybridized carbons (Fsp3) is 0.0455. The smallest absolute Gasteiger partial charge is 0.317 e. The summed E-state index contributed by atoms with van der Waals surface area (Å²) in [5, 5.41) is 26.9. The SMILES string of the molecule is CC(=O)O/N=C(\C#N)c1ccc(P(c2ccccc2)c2ccc([N+](=O)[O-])cc2)cc1. The second-order valence-corrected chi connectivity index (χ2v) is 8.35. The molecule has 148 valence electrons. The second-order valence-electron chi connectivity index (χ2n) is 6.13. The molecule has 1 unspecified atom stereocenters. The largest absolute Gasteiger partial charge is 0.332 e. The van der Waals surface area contributed by atoms with E-state index in [1.807, 2.05) is 48.5 Å². The molecule has 3 rings (SSSR count). The van der Waals surface area contributed by atoms with Crippen molar-refractivity contribution in [1.29, 1.82) is 5.26 Å². The number of carbonyl (C=O) groups excluding carboxylic acids is 1. The van der Waals surface area contributed by atoms with Crippen molar-refractivity contribution in [3.05, 3.63) is 94.5 Å². The van der Waals surface area contributed by atoms with Gasteiger partial charge < -0.3 is 4.84 Å². The number of oxime groups is 1.